The number of hydrogen-bond donors (Lipinski definition) is 0. The highest BCUT2D eigenvalue weighted by Crippen LogP contribution is 2.34. The molecule has 0 unspecified atom stereocenters. The van der Waals surface area contributed by atoms with Gasteiger partial charge in [-0.25, -0.2) is 4.90 Å². The highest BCUT2D eigenvalue weighted by Gasteiger charge is 2.52. The molecule has 10 heteroatoms. The number of rotatable bonds is 1. The lowest BCUT2D eigenvalue weighted by Gasteiger charge is -2.25. The standard InChI is InChI=1S/C5H2F9N/c6-3(7,8)1-2-15(4(9,10)11)5(12,13)14/h1-2H/b2-1+. The van der Waals surface area contributed by atoms with Crippen molar-refractivity contribution in [2.75, 3.05) is 0 Å². The summed E-state index contributed by atoms with van der Waals surface area (Å²) in [6.07, 6.45) is -19.5. The summed E-state index contributed by atoms with van der Waals surface area (Å²) in [6, 6.07) is 0. The largest absolute Gasteiger partial charge is 0.491 e. The average molecular weight is 247 g/mol. The molecule has 90 valence electrons. The van der Waals surface area contributed by atoms with Crippen LogP contribution >= 0.6 is 0 Å². The topological polar surface area (TPSA) is 3.24 Å². The molecule has 0 aliphatic heterocycles. The molecule has 15 heavy (non-hydrogen) atoms. The minimum absolute atomic E-state index is 1.12. The Balaban J connectivity index is 4.94. The monoisotopic (exact) mass is 247 g/mol. The first-order chi connectivity index (χ1) is 6.34. The Kier molecular flexibility index (Phi) is 3.54. The van der Waals surface area contributed by atoms with Crippen molar-refractivity contribution in [2.45, 2.75) is 18.8 Å². The van der Waals surface area contributed by atoms with Gasteiger partial charge in [0.15, 0.2) is 0 Å². The van der Waals surface area contributed by atoms with Crippen LogP contribution in [0.3, 0.4) is 0 Å². The van der Waals surface area contributed by atoms with Crippen molar-refractivity contribution < 1.29 is 39.5 Å². The van der Waals surface area contributed by atoms with E-state index >= 15 is 0 Å². The summed E-state index contributed by atoms with van der Waals surface area (Å²) < 4.78 is 104. The van der Waals surface area contributed by atoms with E-state index in [9.17, 15) is 39.5 Å². The Hall–Kier alpha value is -1.09. The third-order valence-corrected chi connectivity index (χ3v) is 0.959. The van der Waals surface area contributed by atoms with Gasteiger partial charge in [-0.2, -0.15) is 13.2 Å². The maximum absolute atomic E-state index is 11.6. The van der Waals surface area contributed by atoms with Gasteiger partial charge in [-0.1, -0.05) is 0 Å². The van der Waals surface area contributed by atoms with Crippen LogP contribution in [0.4, 0.5) is 39.5 Å². The normalized spacial score (nSPS) is 14.7. The summed E-state index contributed by atoms with van der Waals surface area (Å²) in [5, 5.41) is 0. The van der Waals surface area contributed by atoms with Crippen molar-refractivity contribution in [1.29, 1.82) is 0 Å². The van der Waals surface area contributed by atoms with Crippen LogP contribution in [0.5, 0.6) is 0 Å². The fraction of sp³-hybridized carbons (Fsp3) is 0.600. The van der Waals surface area contributed by atoms with Gasteiger partial charge >= 0.3 is 18.8 Å². The highest BCUT2D eigenvalue weighted by atomic mass is 19.4. The first-order valence-electron chi connectivity index (χ1n) is 3.03. The van der Waals surface area contributed by atoms with Crippen LogP contribution in [0.25, 0.3) is 0 Å². The van der Waals surface area contributed by atoms with Gasteiger partial charge in [-0.3, -0.25) is 0 Å². The zero-order valence-corrected chi connectivity index (χ0v) is 6.50. The molecule has 0 fully saturated rings. The zero-order valence-electron chi connectivity index (χ0n) is 6.50. The number of alkyl halides is 9. The van der Waals surface area contributed by atoms with Gasteiger partial charge in [-0.15, -0.1) is 26.3 Å². The molecule has 0 aromatic carbocycles. The number of allylic oxidation sites excluding steroid dienone is 1. The highest BCUT2D eigenvalue weighted by molar-refractivity contribution is 4.90. The molecule has 0 N–H and O–H groups in total. The van der Waals surface area contributed by atoms with Gasteiger partial charge in [0.05, 0.1) is 0 Å². The van der Waals surface area contributed by atoms with Crippen LogP contribution in [-0.2, 0) is 0 Å². The van der Waals surface area contributed by atoms with Crippen LogP contribution in [0.2, 0.25) is 0 Å². The van der Waals surface area contributed by atoms with E-state index in [4.69, 9.17) is 0 Å². The lowest BCUT2D eigenvalue weighted by atomic mass is 10.5. The van der Waals surface area contributed by atoms with E-state index in [1.807, 2.05) is 0 Å². The van der Waals surface area contributed by atoms with E-state index in [0.29, 0.717) is 0 Å². The molecule has 0 radical (unpaired) electrons. The molecule has 0 amide bonds. The molecule has 0 rings (SSSR count). The Morgan fingerprint density at radius 1 is 0.667 bits per heavy atom. The lowest BCUT2D eigenvalue weighted by Crippen LogP contribution is -2.44. The van der Waals surface area contributed by atoms with Gasteiger partial charge in [0, 0.05) is 12.3 Å². The zero-order chi connectivity index (χ0) is 12.5. The van der Waals surface area contributed by atoms with E-state index in [0.717, 1.165) is 0 Å². The lowest BCUT2D eigenvalue weighted by molar-refractivity contribution is -0.354. The first kappa shape index (κ1) is 13.9. The van der Waals surface area contributed by atoms with Crippen LogP contribution in [0, 0.1) is 0 Å². The molecule has 0 heterocycles. The fourth-order valence-corrected chi connectivity index (χ4v) is 0.472. The van der Waals surface area contributed by atoms with Gasteiger partial charge in [-0.05, 0) is 0 Å². The second kappa shape index (κ2) is 3.81. The van der Waals surface area contributed by atoms with Crippen LogP contribution in [0.1, 0.15) is 0 Å². The Morgan fingerprint density at radius 3 is 1.20 bits per heavy atom. The molecule has 0 aliphatic rings. The molecular formula is C5H2F9N. The molecule has 0 saturated carbocycles. The summed E-state index contributed by atoms with van der Waals surface area (Å²) in [4.78, 5) is -2.30. The summed E-state index contributed by atoms with van der Waals surface area (Å²) in [6.45, 7) is 0. The second-order valence-corrected chi connectivity index (χ2v) is 2.16. The third-order valence-electron chi connectivity index (χ3n) is 0.959. The van der Waals surface area contributed by atoms with E-state index in [-0.39, 0.29) is 0 Å². The van der Waals surface area contributed by atoms with E-state index < -0.39 is 36.0 Å². The maximum atomic E-state index is 11.6. The van der Waals surface area contributed by atoms with Crippen molar-refractivity contribution in [3.63, 3.8) is 0 Å². The molecule has 0 saturated heterocycles. The summed E-state index contributed by atoms with van der Waals surface area (Å²) >= 11 is 0. The Bertz CT molecular complexity index is 216. The predicted octanol–water partition coefficient (Wildman–Crippen LogP) is 3.40. The van der Waals surface area contributed by atoms with Gasteiger partial charge in [0.2, 0.25) is 0 Å². The molecule has 0 bridgehead atoms. The van der Waals surface area contributed by atoms with Crippen LogP contribution in [-0.4, -0.2) is 23.7 Å². The fourth-order valence-electron chi connectivity index (χ4n) is 0.472. The molecule has 1 nitrogen and oxygen atoms in total. The maximum Gasteiger partial charge on any atom is 0.491 e. The molecule has 0 atom stereocenters. The third kappa shape index (κ3) is 5.37. The number of halogens is 9. The van der Waals surface area contributed by atoms with E-state index in [2.05, 4.69) is 0 Å². The van der Waals surface area contributed by atoms with Crippen molar-refractivity contribution >= 4 is 0 Å². The SMILES string of the molecule is FC(F)(F)/C=C/N(C(F)(F)F)C(F)(F)F. The van der Waals surface area contributed by atoms with Crippen molar-refractivity contribution in [2.24, 2.45) is 0 Å². The first-order valence-corrected chi connectivity index (χ1v) is 3.03. The van der Waals surface area contributed by atoms with Gasteiger partial charge < -0.3 is 0 Å². The average Bonchev–Trinajstić information content (AvgIpc) is 1.75. The van der Waals surface area contributed by atoms with Crippen LogP contribution < -0.4 is 0 Å². The summed E-state index contributed by atoms with van der Waals surface area (Å²) in [7, 11) is 0. The summed E-state index contributed by atoms with van der Waals surface area (Å²) in [5.41, 5.74) is 0. The summed E-state index contributed by atoms with van der Waals surface area (Å²) in [5.74, 6) is 0. The Labute approximate surface area is 76.8 Å². The molecule has 0 aromatic heterocycles. The van der Waals surface area contributed by atoms with Crippen molar-refractivity contribution in [3.8, 4) is 0 Å². The van der Waals surface area contributed by atoms with Crippen molar-refractivity contribution in [3.05, 3.63) is 12.3 Å². The van der Waals surface area contributed by atoms with Gasteiger partial charge in [0.1, 0.15) is 0 Å². The van der Waals surface area contributed by atoms with Gasteiger partial charge in [0.25, 0.3) is 0 Å². The molecule has 0 spiro atoms. The quantitative estimate of drug-likeness (QED) is 0.507. The van der Waals surface area contributed by atoms with Crippen LogP contribution in [0.15, 0.2) is 12.3 Å². The molecule has 0 aromatic rings. The predicted molar refractivity (Wildman–Crippen MR) is 29.1 cm³/mol. The molecular weight excluding hydrogens is 245 g/mol. The smallest absolute Gasteiger partial charge is 0.200 e. The minimum atomic E-state index is -5.96. The number of nitrogens with zero attached hydrogens (tertiary/aromatic N) is 1. The van der Waals surface area contributed by atoms with Crippen molar-refractivity contribution in [1.82, 2.24) is 4.90 Å². The minimum Gasteiger partial charge on any atom is -0.200 e. The Morgan fingerprint density at radius 2 is 1.00 bits per heavy atom. The molecule has 0 aliphatic carbocycles. The second-order valence-electron chi connectivity index (χ2n) is 2.16. The van der Waals surface area contributed by atoms with E-state index in [1.54, 1.807) is 0 Å². The van der Waals surface area contributed by atoms with E-state index in [1.165, 1.54) is 0 Å². The number of hydrogen-bond acceptors (Lipinski definition) is 1.